The average molecular weight is 297 g/mol. The molecular formula is C18H19NO3. The van der Waals surface area contributed by atoms with Gasteiger partial charge in [-0.1, -0.05) is 30.3 Å². The number of rotatable bonds is 3. The van der Waals surface area contributed by atoms with E-state index in [0.29, 0.717) is 19.4 Å². The van der Waals surface area contributed by atoms with Crippen LogP contribution in [0.4, 0.5) is 5.69 Å². The molecule has 4 nitrogen and oxygen atoms in total. The Morgan fingerprint density at radius 3 is 2.91 bits per heavy atom. The second-order valence-electron chi connectivity index (χ2n) is 5.44. The summed E-state index contributed by atoms with van der Waals surface area (Å²) in [4.78, 5) is 14.4. The third-order valence-electron chi connectivity index (χ3n) is 4.00. The lowest BCUT2D eigenvalue weighted by molar-refractivity contribution is -0.118. The highest BCUT2D eigenvalue weighted by Crippen LogP contribution is 2.33. The van der Waals surface area contributed by atoms with Crippen LogP contribution in [0.2, 0.25) is 0 Å². The Morgan fingerprint density at radius 1 is 1.27 bits per heavy atom. The standard InChI is InChI=1S/C18H19NO3/c1-22-14-6-4-5-13(11-14)12-18(21)19-10-9-17(20)15-7-2-3-8-16(15)19/h2-8,11,17,20H,9-10,12H2,1H3. The van der Waals surface area contributed by atoms with Crippen LogP contribution in [0, 0.1) is 0 Å². The van der Waals surface area contributed by atoms with E-state index in [1.165, 1.54) is 0 Å². The summed E-state index contributed by atoms with van der Waals surface area (Å²) in [5, 5.41) is 10.1. The van der Waals surface area contributed by atoms with Gasteiger partial charge in [0.1, 0.15) is 5.75 Å². The maximum atomic E-state index is 12.6. The summed E-state index contributed by atoms with van der Waals surface area (Å²) in [6.45, 7) is 0.543. The maximum absolute atomic E-state index is 12.6. The van der Waals surface area contributed by atoms with Crippen LogP contribution in [0.25, 0.3) is 0 Å². The van der Waals surface area contributed by atoms with E-state index in [0.717, 1.165) is 22.6 Å². The van der Waals surface area contributed by atoms with Crippen molar-refractivity contribution in [3.8, 4) is 5.75 Å². The van der Waals surface area contributed by atoms with Crippen molar-refractivity contribution >= 4 is 11.6 Å². The van der Waals surface area contributed by atoms with Crippen LogP contribution in [0.1, 0.15) is 23.7 Å². The molecule has 2 aromatic carbocycles. The first kappa shape index (κ1) is 14.6. The van der Waals surface area contributed by atoms with Gasteiger partial charge in [-0.3, -0.25) is 4.79 Å². The number of aliphatic hydroxyl groups is 1. The fourth-order valence-corrected chi connectivity index (χ4v) is 2.85. The van der Waals surface area contributed by atoms with E-state index >= 15 is 0 Å². The first-order valence-corrected chi connectivity index (χ1v) is 7.39. The molecule has 1 amide bonds. The highest BCUT2D eigenvalue weighted by molar-refractivity contribution is 5.96. The van der Waals surface area contributed by atoms with Crippen molar-refractivity contribution in [3.05, 3.63) is 59.7 Å². The van der Waals surface area contributed by atoms with E-state index in [1.807, 2.05) is 48.5 Å². The first-order chi connectivity index (χ1) is 10.7. The van der Waals surface area contributed by atoms with E-state index in [9.17, 15) is 9.90 Å². The van der Waals surface area contributed by atoms with Gasteiger partial charge in [0.2, 0.25) is 5.91 Å². The smallest absolute Gasteiger partial charge is 0.231 e. The van der Waals surface area contributed by atoms with Crippen LogP contribution in [0.3, 0.4) is 0 Å². The number of nitrogens with zero attached hydrogens (tertiary/aromatic N) is 1. The number of ether oxygens (including phenoxy) is 1. The SMILES string of the molecule is COc1cccc(CC(=O)N2CCC(O)c3ccccc32)c1. The van der Waals surface area contributed by atoms with Crippen LogP contribution >= 0.6 is 0 Å². The lowest BCUT2D eigenvalue weighted by Gasteiger charge is -2.32. The molecule has 1 aliphatic heterocycles. The molecule has 4 heteroatoms. The molecule has 1 atom stereocenters. The van der Waals surface area contributed by atoms with E-state index in [2.05, 4.69) is 0 Å². The van der Waals surface area contributed by atoms with Gasteiger partial charge >= 0.3 is 0 Å². The number of anilines is 1. The second kappa shape index (κ2) is 6.20. The number of methoxy groups -OCH3 is 1. The Labute approximate surface area is 130 Å². The number of benzene rings is 2. The predicted octanol–water partition coefficient (Wildman–Crippen LogP) is 2.71. The van der Waals surface area contributed by atoms with Crippen molar-refractivity contribution < 1.29 is 14.6 Å². The molecule has 0 spiro atoms. The molecule has 1 unspecified atom stereocenters. The number of amides is 1. The van der Waals surface area contributed by atoms with E-state index in [4.69, 9.17) is 4.74 Å². The minimum absolute atomic E-state index is 0.0348. The van der Waals surface area contributed by atoms with Crippen LogP contribution in [0.15, 0.2) is 48.5 Å². The average Bonchev–Trinajstić information content (AvgIpc) is 2.55. The molecule has 0 aromatic heterocycles. The minimum atomic E-state index is -0.489. The highest BCUT2D eigenvalue weighted by atomic mass is 16.5. The largest absolute Gasteiger partial charge is 0.497 e. The molecule has 0 saturated carbocycles. The van der Waals surface area contributed by atoms with Crippen molar-refractivity contribution in [2.24, 2.45) is 0 Å². The lowest BCUT2D eigenvalue weighted by Crippen LogP contribution is -2.37. The topological polar surface area (TPSA) is 49.8 Å². The number of fused-ring (bicyclic) bond motifs is 1. The molecule has 2 aromatic rings. The van der Waals surface area contributed by atoms with Crippen LogP contribution < -0.4 is 9.64 Å². The third kappa shape index (κ3) is 2.83. The van der Waals surface area contributed by atoms with Gasteiger partial charge in [0.15, 0.2) is 0 Å². The fourth-order valence-electron chi connectivity index (χ4n) is 2.85. The zero-order valence-corrected chi connectivity index (χ0v) is 12.5. The molecule has 3 rings (SSSR count). The number of carbonyl (C=O) groups excluding carboxylic acids is 1. The molecular weight excluding hydrogens is 278 g/mol. The van der Waals surface area contributed by atoms with E-state index < -0.39 is 6.10 Å². The lowest BCUT2D eigenvalue weighted by atomic mass is 9.98. The van der Waals surface area contributed by atoms with Gasteiger partial charge in [-0.15, -0.1) is 0 Å². The predicted molar refractivity (Wildman–Crippen MR) is 85.1 cm³/mol. The number of hydrogen-bond acceptors (Lipinski definition) is 3. The molecule has 1 N–H and O–H groups in total. The van der Waals surface area contributed by atoms with Crippen LogP contribution in [0.5, 0.6) is 5.75 Å². The van der Waals surface area contributed by atoms with Gasteiger partial charge in [-0.2, -0.15) is 0 Å². The summed E-state index contributed by atoms with van der Waals surface area (Å²) in [6.07, 6.45) is 0.403. The summed E-state index contributed by atoms with van der Waals surface area (Å²) in [5.74, 6) is 0.785. The number of aliphatic hydroxyl groups excluding tert-OH is 1. The molecule has 0 bridgehead atoms. The van der Waals surface area contributed by atoms with Gasteiger partial charge in [0, 0.05) is 17.8 Å². The van der Waals surface area contributed by atoms with Gasteiger partial charge in [0.25, 0.3) is 0 Å². The summed E-state index contributed by atoms with van der Waals surface area (Å²) >= 11 is 0. The second-order valence-corrected chi connectivity index (χ2v) is 5.44. The van der Waals surface area contributed by atoms with Gasteiger partial charge in [0.05, 0.1) is 19.6 Å². The maximum Gasteiger partial charge on any atom is 0.231 e. The van der Waals surface area contributed by atoms with E-state index in [1.54, 1.807) is 12.0 Å². The third-order valence-corrected chi connectivity index (χ3v) is 4.00. The summed E-state index contributed by atoms with van der Waals surface area (Å²) in [6, 6.07) is 15.1. The summed E-state index contributed by atoms with van der Waals surface area (Å²) in [7, 11) is 1.61. The van der Waals surface area contributed by atoms with Crippen molar-refractivity contribution in [2.45, 2.75) is 18.9 Å². The molecule has 1 aliphatic rings. The Bertz CT molecular complexity index is 684. The van der Waals surface area contributed by atoms with Crippen molar-refractivity contribution in [1.82, 2.24) is 0 Å². The zero-order valence-electron chi connectivity index (χ0n) is 12.5. The fraction of sp³-hybridized carbons (Fsp3) is 0.278. The van der Waals surface area contributed by atoms with E-state index in [-0.39, 0.29) is 5.91 Å². The van der Waals surface area contributed by atoms with Crippen molar-refractivity contribution in [3.63, 3.8) is 0 Å². The zero-order chi connectivity index (χ0) is 15.5. The van der Waals surface area contributed by atoms with Crippen LogP contribution in [-0.4, -0.2) is 24.7 Å². The molecule has 0 radical (unpaired) electrons. The first-order valence-electron chi connectivity index (χ1n) is 7.39. The Hall–Kier alpha value is -2.33. The molecule has 0 saturated heterocycles. The Morgan fingerprint density at radius 2 is 2.09 bits per heavy atom. The molecule has 22 heavy (non-hydrogen) atoms. The minimum Gasteiger partial charge on any atom is -0.497 e. The van der Waals surface area contributed by atoms with Gasteiger partial charge in [-0.25, -0.2) is 0 Å². The summed E-state index contributed by atoms with van der Waals surface area (Å²) < 4.78 is 5.19. The Balaban J connectivity index is 1.82. The quantitative estimate of drug-likeness (QED) is 0.947. The van der Waals surface area contributed by atoms with Crippen LogP contribution in [-0.2, 0) is 11.2 Å². The molecule has 1 heterocycles. The van der Waals surface area contributed by atoms with Gasteiger partial charge in [-0.05, 0) is 30.2 Å². The highest BCUT2D eigenvalue weighted by Gasteiger charge is 2.27. The normalized spacial score (nSPS) is 17.0. The van der Waals surface area contributed by atoms with Crippen molar-refractivity contribution in [2.75, 3.05) is 18.6 Å². The molecule has 0 fully saturated rings. The number of hydrogen-bond donors (Lipinski definition) is 1. The molecule has 114 valence electrons. The van der Waals surface area contributed by atoms with Crippen molar-refractivity contribution in [1.29, 1.82) is 0 Å². The molecule has 0 aliphatic carbocycles. The number of carbonyl (C=O) groups is 1. The van der Waals surface area contributed by atoms with Gasteiger partial charge < -0.3 is 14.7 Å². The monoisotopic (exact) mass is 297 g/mol. The Kier molecular flexibility index (Phi) is 4.11. The number of para-hydroxylation sites is 1. The summed E-state index contributed by atoms with van der Waals surface area (Å²) in [5.41, 5.74) is 2.56.